The fourth-order valence-electron chi connectivity index (χ4n) is 5.54. The Balaban J connectivity index is 1.63. The molecule has 0 bridgehead atoms. The molecular weight excluding hydrogens is 618 g/mol. The fraction of sp³-hybridized carbons (Fsp3) is 0.444. The smallest absolute Gasteiger partial charge is 0.261 e. The largest absolute Gasteiger partial charge is 0.490 e. The summed E-state index contributed by atoms with van der Waals surface area (Å²) in [5, 5.41) is 10.2. The zero-order valence-corrected chi connectivity index (χ0v) is 28.5. The van der Waals surface area contributed by atoms with Crippen LogP contribution in [0.2, 0.25) is 0 Å². The van der Waals surface area contributed by atoms with Crippen LogP contribution in [0.1, 0.15) is 56.0 Å². The average Bonchev–Trinajstić information content (AvgIpc) is 3.06. The van der Waals surface area contributed by atoms with Crippen molar-refractivity contribution in [2.24, 2.45) is 5.92 Å². The normalized spacial score (nSPS) is 20.3. The van der Waals surface area contributed by atoms with E-state index in [4.69, 9.17) is 9.47 Å². The summed E-state index contributed by atoms with van der Waals surface area (Å²) in [5.74, 6) is -0.325. The number of nitrogens with zero attached hydrogens (tertiary/aromatic N) is 2. The maximum atomic E-state index is 14.3. The van der Waals surface area contributed by atoms with Gasteiger partial charge in [-0.25, -0.2) is 8.42 Å². The van der Waals surface area contributed by atoms with Crippen LogP contribution in [0, 0.1) is 5.92 Å². The molecule has 47 heavy (non-hydrogen) atoms. The van der Waals surface area contributed by atoms with Gasteiger partial charge in [0.2, 0.25) is 5.91 Å². The molecule has 0 radical (unpaired) electrons. The second-order valence-corrected chi connectivity index (χ2v) is 14.0. The van der Waals surface area contributed by atoms with E-state index in [0.717, 1.165) is 18.4 Å². The van der Waals surface area contributed by atoms with Crippen molar-refractivity contribution in [2.75, 3.05) is 38.1 Å². The number of likely N-dealkylation sites (N-methyl/N-ethyl adjacent to an activating group) is 1. The lowest BCUT2D eigenvalue weighted by Gasteiger charge is -2.36. The van der Waals surface area contributed by atoms with E-state index in [1.165, 1.54) is 18.2 Å². The number of hydrogen-bond acceptors (Lipinski definition) is 7. The average molecular weight is 666 g/mol. The van der Waals surface area contributed by atoms with Gasteiger partial charge in [-0.15, -0.1) is 0 Å². The predicted molar refractivity (Wildman–Crippen MR) is 182 cm³/mol. The number of anilines is 1. The van der Waals surface area contributed by atoms with E-state index in [1.807, 2.05) is 44.2 Å². The van der Waals surface area contributed by atoms with Crippen LogP contribution in [0.15, 0.2) is 83.8 Å². The number of aliphatic hydroxyl groups excluding tert-OH is 1. The van der Waals surface area contributed by atoms with Gasteiger partial charge < -0.3 is 24.4 Å². The monoisotopic (exact) mass is 665 g/mol. The first-order valence-electron chi connectivity index (χ1n) is 16.2. The number of aliphatic hydroxyl groups is 1. The highest BCUT2D eigenvalue weighted by molar-refractivity contribution is 7.92. The van der Waals surface area contributed by atoms with Crippen LogP contribution in [0.5, 0.6) is 5.75 Å². The summed E-state index contributed by atoms with van der Waals surface area (Å²) in [4.78, 5) is 30.8. The molecule has 0 saturated heterocycles. The number of fused-ring (bicyclic) bond motifs is 1. The lowest BCUT2D eigenvalue weighted by Crippen LogP contribution is -2.48. The van der Waals surface area contributed by atoms with Gasteiger partial charge in [-0.1, -0.05) is 55.5 Å². The Morgan fingerprint density at radius 3 is 2.40 bits per heavy atom. The third kappa shape index (κ3) is 10.0. The molecule has 1 heterocycles. The predicted octanol–water partition coefficient (Wildman–Crippen LogP) is 4.98. The third-order valence-corrected chi connectivity index (χ3v) is 9.83. The first-order valence-corrected chi connectivity index (χ1v) is 17.7. The Bertz CT molecular complexity index is 1570. The van der Waals surface area contributed by atoms with Crippen molar-refractivity contribution in [3.05, 3.63) is 90.0 Å². The number of sulfonamides is 1. The first kappa shape index (κ1) is 35.9. The van der Waals surface area contributed by atoms with Gasteiger partial charge in [0.1, 0.15) is 5.75 Å². The van der Waals surface area contributed by atoms with Gasteiger partial charge in [0.25, 0.3) is 15.9 Å². The van der Waals surface area contributed by atoms with Crippen molar-refractivity contribution in [2.45, 2.75) is 69.6 Å². The number of nitrogens with one attached hydrogen (secondary N) is 1. The summed E-state index contributed by atoms with van der Waals surface area (Å²) in [6.45, 7) is 6.43. The van der Waals surface area contributed by atoms with Crippen molar-refractivity contribution in [3.63, 3.8) is 0 Å². The Kier molecular flexibility index (Phi) is 12.8. The first-order chi connectivity index (χ1) is 22.5. The minimum Gasteiger partial charge on any atom is -0.490 e. The Morgan fingerprint density at radius 2 is 1.72 bits per heavy atom. The number of carbonyl (C=O) groups excluding carboxylic acids is 2. The highest BCUT2D eigenvalue weighted by atomic mass is 32.2. The molecule has 1 aliphatic heterocycles. The highest BCUT2D eigenvalue weighted by Gasteiger charge is 2.31. The number of ether oxygens (including phenoxy) is 2. The Morgan fingerprint density at radius 1 is 1.04 bits per heavy atom. The standard InChI is InChI=1S/C36H47N3O7S/c1-26-23-39(27(2)25-40)36(42)32-22-30(37-47(43,44)31-16-9-6-10-17-31)18-19-33(32)46-28(3)13-11-12-20-45-34(26)24-38(4)35(41)21-29-14-7-5-8-15-29/h5-10,14-19,22,26-28,34,37,40H,11-13,20-21,23-25H2,1-4H3/t26-,27-,28-,34-/m0/s1. The number of benzene rings is 3. The Hall–Kier alpha value is -3.93. The number of hydrogen-bond donors (Lipinski definition) is 2. The molecule has 254 valence electrons. The molecule has 2 N–H and O–H groups in total. The fourth-order valence-corrected chi connectivity index (χ4v) is 6.61. The SMILES string of the molecule is C[C@H]1CCCCO[C@@H](CN(C)C(=O)Cc2ccccc2)[C@@H](C)CN([C@@H](C)CO)C(=O)c2cc(NS(=O)(=O)c3ccccc3)ccc2O1. The van der Waals surface area contributed by atoms with Gasteiger partial charge in [-0.2, -0.15) is 0 Å². The maximum Gasteiger partial charge on any atom is 0.261 e. The molecule has 0 saturated carbocycles. The maximum absolute atomic E-state index is 14.3. The summed E-state index contributed by atoms with van der Waals surface area (Å²) in [6.07, 6.45) is 2.01. The van der Waals surface area contributed by atoms with E-state index in [0.29, 0.717) is 25.3 Å². The van der Waals surface area contributed by atoms with Gasteiger partial charge in [-0.3, -0.25) is 14.3 Å². The van der Waals surface area contributed by atoms with Crippen molar-refractivity contribution in [1.82, 2.24) is 9.80 Å². The molecule has 0 aromatic heterocycles. The van der Waals surface area contributed by atoms with E-state index < -0.39 is 22.0 Å². The molecule has 0 unspecified atom stereocenters. The second kappa shape index (κ2) is 16.8. The lowest BCUT2D eigenvalue weighted by molar-refractivity contribution is -0.131. The molecule has 3 aromatic carbocycles. The second-order valence-electron chi connectivity index (χ2n) is 12.4. The van der Waals surface area contributed by atoms with Crippen LogP contribution in [0.4, 0.5) is 5.69 Å². The van der Waals surface area contributed by atoms with Crippen LogP contribution in [0.3, 0.4) is 0 Å². The summed E-state index contributed by atoms with van der Waals surface area (Å²) in [7, 11) is -2.15. The third-order valence-electron chi connectivity index (χ3n) is 8.43. The molecule has 11 heteroatoms. The van der Waals surface area contributed by atoms with Gasteiger partial charge >= 0.3 is 0 Å². The molecule has 2 amide bonds. The molecule has 4 rings (SSSR count). The molecule has 0 fully saturated rings. The summed E-state index contributed by atoms with van der Waals surface area (Å²) >= 11 is 0. The zero-order valence-electron chi connectivity index (χ0n) is 27.7. The van der Waals surface area contributed by atoms with Crippen molar-refractivity contribution < 1.29 is 32.6 Å². The summed E-state index contributed by atoms with van der Waals surface area (Å²) in [6, 6.07) is 21.7. The van der Waals surface area contributed by atoms with Crippen molar-refractivity contribution in [1.29, 1.82) is 0 Å². The van der Waals surface area contributed by atoms with Crippen LogP contribution >= 0.6 is 0 Å². The van der Waals surface area contributed by atoms with Crippen LogP contribution in [-0.4, -0.2) is 86.7 Å². The van der Waals surface area contributed by atoms with Crippen LogP contribution in [-0.2, 0) is 26.0 Å². The minimum atomic E-state index is -3.91. The molecule has 10 nitrogen and oxygen atoms in total. The van der Waals surface area contributed by atoms with E-state index in [2.05, 4.69) is 4.72 Å². The molecule has 0 spiro atoms. The van der Waals surface area contributed by atoms with Gasteiger partial charge in [-0.05, 0) is 69.0 Å². The quantitative estimate of drug-likeness (QED) is 0.330. The summed E-state index contributed by atoms with van der Waals surface area (Å²) < 4.78 is 41.4. The number of rotatable bonds is 9. The summed E-state index contributed by atoms with van der Waals surface area (Å²) in [5.41, 5.74) is 1.32. The minimum absolute atomic E-state index is 0.0338. The lowest BCUT2D eigenvalue weighted by atomic mass is 10.0. The number of amides is 2. The molecule has 0 aliphatic carbocycles. The molecule has 4 atom stereocenters. The molecular formula is C36H47N3O7S. The molecule has 3 aromatic rings. The number of carbonyl (C=O) groups is 2. The highest BCUT2D eigenvalue weighted by Crippen LogP contribution is 2.29. The van der Waals surface area contributed by atoms with Gasteiger partial charge in [0.15, 0.2) is 0 Å². The van der Waals surface area contributed by atoms with Crippen molar-refractivity contribution >= 4 is 27.5 Å². The van der Waals surface area contributed by atoms with E-state index in [-0.39, 0.29) is 59.8 Å². The van der Waals surface area contributed by atoms with Crippen LogP contribution < -0.4 is 9.46 Å². The van der Waals surface area contributed by atoms with Crippen LogP contribution in [0.25, 0.3) is 0 Å². The van der Waals surface area contributed by atoms with Crippen molar-refractivity contribution in [3.8, 4) is 5.75 Å². The van der Waals surface area contributed by atoms with Gasteiger partial charge in [0, 0.05) is 38.3 Å². The van der Waals surface area contributed by atoms with E-state index >= 15 is 0 Å². The van der Waals surface area contributed by atoms with Gasteiger partial charge in [0.05, 0.1) is 41.7 Å². The molecule has 1 aliphatic rings. The van der Waals surface area contributed by atoms with E-state index in [1.54, 1.807) is 54.1 Å². The topological polar surface area (TPSA) is 125 Å². The Labute approximate surface area is 278 Å². The zero-order chi connectivity index (χ0) is 34.0. The van der Waals surface area contributed by atoms with E-state index in [9.17, 15) is 23.1 Å².